The van der Waals surface area contributed by atoms with E-state index in [2.05, 4.69) is 20.7 Å². The van der Waals surface area contributed by atoms with Crippen molar-refractivity contribution >= 4 is 41.7 Å². The van der Waals surface area contributed by atoms with E-state index in [-0.39, 0.29) is 23.6 Å². The van der Waals surface area contributed by atoms with Gasteiger partial charge in [-0.05, 0) is 40.5 Å². The van der Waals surface area contributed by atoms with Gasteiger partial charge < -0.3 is 5.73 Å². The highest BCUT2D eigenvalue weighted by molar-refractivity contribution is 9.10. The van der Waals surface area contributed by atoms with Crippen LogP contribution in [0.25, 0.3) is 0 Å². The maximum absolute atomic E-state index is 11.9. The number of primary sulfonamides is 1. The predicted molar refractivity (Wildman–Crippen MR) is 76.3 cm³/mol. The molecule has 0 aliphatic heterocycles. The first-order valence-corrected chi connectivity index (χ1v) is 9.16. The zero-order valence-electron chi connectivity index (χ0n) is 9.84. The molecular formula is C9H14BrN3O4S2. The van der Waals surface area contributed by atoms with E-state index in [1.54, 1.807) is 0 Å². The van der Waals surface area contributed by atoms with Crippen molar-refractivity contribution < 1.29 is 16.8 Å². The van der Waals surface area contributed by atoms with Crippen LogP contribution in [-0.2, 0) is 20.0 Å². The van der Waals surface area contributed by atoms with Crippen molar-refractivity contribution in [3.05, 3.63) is 22.7 Å². The summed E-state index contributed by atoms with van der Waals surface area (Å²) >= 11 is 3.11. The minimum absolute atomic E-state index is 0.0183. The van der Waals surface area contributed by atoms with Crippen LogP contribution in [0.4, 0.5) is 5.69 Å². The zero-order chi connectivity index (χ0) is 14.7. The van der Waals surface area contributed by atoms with Gasteiger partial charge in [-0.1, -0.05) is 0 Å². The SMILES string of the molecule is Nc1ccc(S(=O)(=O)NCCCS(N)(=O)=O)c(Br)c1. The maximum atomic E-state index is 11.9. The van der Waals surface area contributed by atoms with E-state index in [9.17, 15) is 16.8 Å². The molecule has 0 unspecified atom stereocenters. The molecule has 0 atom stereocenters. The van der Waals surface area contributed by atoms with Gasteiger partial charge in [0.25, 0.3) is 0 Å². The van der Waals surface area contributed by atoms with E-state index in [1.807, 2.05) is 0 Å². The predicted octanol–water partition coefficient (Wildman–Crippen LogP) is -0.0118. The number of nitrogen functional groups attached to an aromatic ring is 1. The fourth-order valence-electron chi connectivity index (χ4n) is 1.29. The molecule has 0 bridgehead atoms. The van der Waals surface area contributed by atoms with E-state index in [0.29, 0.717) is 10.2 Å². The lowest BCUT2D eigenvalue weighted by Crippen LogP contribution is -2.27. The second-order valence-electron chi connectivity index (χ2n) is 3.81. The standard InChI is InChI=1S/C9H14BrN3O4S2/c10-8-6-7(11)2-3-9(8)19(16,17)13-4-1-5-18(12,14)15/h2-3,6,13H,1,4-5,11H2,(H2,12,14,15). The Labute approximate surface area is 120 Å². The van der Waals surface area contributed by atoms with Crippen molar-refractivity contribution in [2.24, 2.45) is 5.14 Å². The molecule has 0 saturated carbocycles. The molecule has 0 aliphatic rings. The Morgan fingerprint density at radius 3 is 2.37 bits per heavy atom. The second-order valence-corrected chi connectivity index (χ2v) is 8.13. The zero-order valence-corrected chi connectivity index (χ0v) is 13.1. The summed E-state index contributed by atoms with van der Waals surface area (Å²) in [5.74, 6) is -0.279. The lowest BCUT2D eigenvalue weighted by Gasteiger charge is -2.08. The van der Waals surface area contributed by atoms with Gasteiger partial charge >= 0.3 is 0 Å². The molecule has 19 heavy (non-hydrogen) atoms. The van der Waals surface area contributed by atoms with Crippen LogP contribution in [0.1, 0.15) is 6.42 Å². The number of nitrogens with one attached hydrogen (secondary N) is 1. The first kappa shape index (κ1) is 16.4. The molecule has 0 saturated heterocycles. The summed E-state index contributed by atoms with van der Waals surface area (Å²) in [5.41, 5.74) is 5.95. The Hall–Kier alpha value is -0.680. The molecule has 7 nitrogen and oxygen atoms in total. The summed E-state index contributed by atoms with van der Waals surface area (Å²) in [6, 6.07) is 4.30. The summed E-state index contributed by atoms with van der Waals surface area (Å²) in [4.78, 5) is 0.0392. The van der Waals surface area contributed by atoms with Gasteiger partial charge in [-0.2, -0.15) is 0 Å². The Kier molecular flexibility index (Phi) is 5.33. The maximum Gasteiger partial charge on any atom is 0.241 e. The van der Waals surface area contributed by atoms with Gasteiger partial charge in [0, 0.05) is 16.7 Å². The van der Waals surface area contributed by atoms with Crippen molar-refractivity contribution in [1.82, 2.24) is 4.72 Å². The summed E-state index contributed by atoms with van der Waals surface area (Å²) in [5, 5.41) is 4.81. The van der Waals surface area contributed by atoms with E-state index < -0.39 is 20.0 Å². The number of anilines is 1. The smallest absolute Gasteiger partial charge is 0.241 e. The molecule has 1 aromatic rings. The molecule has 0 aromatic heterocycles. The van der Waals surface area contributed by atoms with Crippen molar-refractivity contribution in [2.75, 3.05) is 18.0 Å². The summed E-state index contributed by atoms with van der Waals surface area (Å²) in [6.07, 6.45) is 0.102. The van der Waals surface area contributed by atoms with Crippen LogP contribution >= 0.6 is 15.9 Å². The van der Waals surface area contributed by atoms with Crippen molar-refractivity contribution in [3.63, 3.8) is 0 Å². The summed E-state index contributed by atoms with van der Waals surface area (Å²) in [6.45, 7) is -0.0183. The first-order chi connectivity index (χ1) is 8.62. The molecule has 0 fully saturated rings. The molecule has 1 aromatic carbocycles. The van der Waals surface area contributed by atoms with Gasteiger partial charge in [0.15, 0.2) is 0 Å². The lowest BCUT2D eigenvalue weighted by atomic mass is 10.3. The first-order valence-electron chi connectivity index (χ1n) is 5.17. The summed E-state index contributed by atoms with van der Waals surface area (Å²) < 4.78 is 47.9. The van der Waals surface area contributed by atoms with Crippen molar-refractivity contribution in [2.45, 2.75) is 11.3 Å². The fourth-order valence-corrected chi connectivity index (χ4v) is 4.01. The van der Waals surface area contributed by atoms with E-state index in [1.165, 1.54) is 18.2 Å². The van der Waals surface area contributed by atoms with Crippen LogP contribution in [0.2, 0.25) is 0 Å². The van der Waals surface area contributed by atoms with Gasteiger partial charge in [-0.15, -0.1) is 0 Å². The minimum atomic E-state index is -3.71. The molecule has 108 valence electrons. The van der Waals surface area contributed by atoms with Crippen LogP contribution in [0.15, 0.2) is 27.6 Å². The molecular weight excluding hydrogens is 358 g/mol. The number of hydrogen-bond donors (Lipinski definition) is 3. The Morgan fingerprint density at radius 1 is 1.21 bits per heavy atom. The van der Waals surface area contributed by atoms with Crippen molar-refractivity contribution in [1.29, 1.82) is 0 Å². The van der Waals surface area contributed by atoms with Gasteiger partial charge in [0.05, 0.1) is 10.6 Å². The van der Waals surface area contributed by atoms with E-state index >= 15 is 0 Å². The van der Waals surface area contributed by atoms with Crippen LogP contribution < -0.4 is 15.6 Å². The quantitative estimate of drug-likeness (QED) is 0.477. The Morgan fingerprint density at radius 2 is 1.84 bits per heavy atom. The average Bonchev–Trinajstić information content (AvgIpc) is 2.22. The average molecular weight is 372 g/mol. The third-order valence-electron chi connectivity index (χ3n) is 2.14. The van der Waals surface area contributed by atoms with Crippen LogP contribution in [0, 0.1) is 0 Å². The molecule has 0 radical (unpaired) electrons. The number of benzene rings is 1. The van der Waals surface area contributed by atoms with Gasteiger partial charge in [0.1, 0.15) is 0 Å². The highest BCUT2D eigenvalue weighted by Crippen LogP contribution is 2.23. The molecule has 0 heterocycles. The number of sulfonamides is 2. The van der Waals surface area contributed by atoms with E-state index in [4.69, 9.17) is 10.9 Å². The van der Waals surface area contributed by atoms with Gasteiger partial charge in [0.2, 0.25) is 20.0 Å². The molecule has 10 heteroatoms. The molecule has 1 rings (SSSR count). The highest BCUT2D eigenvalue weighted by Gasteiger charge is 2.17. The normalized spacial score (nSPS) is 12.5. The van der Waals surface area contributed by atoms with Gasteiger partial charge in [-0.3, -0.25) is 0 Å². The second kappa shape index (κ2) is 6.18. The topological polar surface area (TPSA) is 132 Å². The van der Waals surface area contributed by atoms with Crippen LogP contribution in [0.5, 0.6) is 0 Å². The Balaban J connectivity index is 2.71. The van der Waals surface area contributed by atoms with Crippen molar-refractivity contribution in [3.8, 4) is 0 Å². The largest absolute Gasteiger partial charge is 0.399 e. The van der Waals surface area contributed by atoms with Gasteiger partial charge in [-0.25, -0.2) is 26.7 Å². The molecule has 0 aliphatic carbocycles. The number of nitrogens with two attached hydrogens (primary N) is 2. The Bertz CT molecular complexity index is 658. The lowest BCUT2D eigenvalue weighted by molar-refractivity contribution is 0.576. The molecule has 5 N–H and O–H groups in total. The number of halogens is 1. The summed E-state index contributed by atoms with van der Waals surface area (Å²) in [7, 11) is -7.29. The molecule has 0 amide bonds. The molecule has 0 spiro atoms. The minimum Gasteiger partial charge on any atom is -0.399 e. The third kappa shape index (κ3) is 5.45. The number of hydrogen-bond acceptors (Lipinski definition) is 5. The monoisotopic (exact) mass is 371 g/mol. The van der Waals surface area contributed by atoms with Crippen LogP contribution in [-0.4, -0.2) is 29.1 Å². The number of rotatable bonds is 6. The fraction of sp³-hybridized carbons (Fsp3) is 0.333. The highest BCUT2D eigenvalue weighted by atomic mass is 79.9. The third-order valence-corrected chi connectivity index (χ3v) is 5.44. The van der Waals surface area contributed by atoms with E-state index in [0.717, 1.165) is 0 Å². The van der Waals surface area contributed by atoms with Crippen LogP contribution in [0.3, 0.4) is 0 Å².